The smallest absolute Gasteiger partial charge is 0.339 e. The fourth-order valence-corrected chi connectivity index (χ4v) is 1.64. The number of nitrogens with one attached hydrogen (secondary N) is 2. The summed E-state index contributed by atoms with van der Waals surface area (Å²) in [6.07, 6.45) is 1.65. The van der Waals surface area contributed by atoms with Gasteiger partial charge in [-0.3, -0.25) is 9.59 Å². The van der Waals surface area contributed by atoms with Gasteiger partial charge in [-0.15, -0.1) is 0 Å². The highest BCUT2D eigenvalue weighted by molar-refractivity contribution is 6.30. The molecule has 2 rings (SSSR count). The van der Waals surface area contributed by atoms with Crippen molar-refractivity contribution >= 4 is 29.3 Å². The van der Waals surface area contributed by atoms with E-state index in [2.05, 4.69) is 15.3 Å². The number of nitrogens with zero attached hydrogens (tertiary/aromatic N) is 1. The first kappa shape index (κ1) is 15.7. The molecule has 2 aromatic rings. The Hall–Kier alpha value is -2.67. The van der Waals surface area contributed by atoms with Crippen molar-refractivity contribution in [3.8, 4) is 0 Å². The lowest BCUT2D eigenvalue weighted by Gasteiger charge is -2.13. The summed E-state index contributed by atoms with van der Waals surface area (Å²) in [6.45, 7) is 1.41. The molecular weight excluding hydrogens is 310 g/mol. The molecule has 1 atom stereocenters. The Labute approximate surface area is 130 Å². The van der Waals surface area contributed by atoms with Gasteiger partial charge in [0.25, 0.3) is 5.91 Å². The summed E-state index contributed by atoms with van der Waals surface area (Å²) in [4.78, 5) is 41.1. The Bertz CT molecular complexity index is 742. The highest BCUT2D eigenvalue weighted by Gasteiger charge is 2.19. The zero-order chi connectivity index (χ0) is 16.1. The van der Waals surface area contributed by atoms with Gasteiger partial charge in [-0.1, -0.05) is 11.6 Å². The first-order valence-corrected chi connectivity index (χ1v) is 6.65. The maximum atomic E-state index is 11.9. The molecule has 2 heterocycles. The fraction of sp³-hybridized carbons (Fsp3) is 0.143. The normalized spacial score (nSPS) is 11.5. The second-order valence-electron chi connectivity index (χ2n) is 4.34. The summed E-state index contributed by atoms with van der Waals surface area (Å²) < 4.78 is 4.99. The average molecular weight is 322 g/mol. The Morgan fingerprint density at radius 3 is 2.77 bits per heavy atom. The number of aromatic nitrogens is 2. The van der Waals surface area contributed by atoms with Crippen molar-refractivity contribution in [2.45, 2.75) is 13.0 Å². The molecule has 0 bridgehead atoms. The predicted octanol–water partition coefficient (Wildman–Crippen LogP) is 1.61. The number of amides is 1. The van der Waals surface area contributed by atoms with E-state index < -0.39 is 23.5 Å². The minimum atomic E-state index is -1.05. The van der Waals surface area contributed by atoms with Gasteiger partial charge in [-0.05, 0) is 25.1 Å². The van der Waals surface area contributed by atoms with Crippen molar-refractivity contribution in [2.24, 2.45) is 0 Å². The Balaban J connectivity index is 1.97. The monoisotopic (exact) mass is 321 g/mol. The van der Waals surface area contributed by atoms with Crippen molar-refractivity contribution < 1.29 is 14.3 Å². The highest BCUT2D eigenvalue weighted by atomic mass is 35.5. The van der Waals surface area contributed by atoms with Crippen LogP contribution in [0.4, 0.5) is 5.82 Å². The molecule has 0 aliphatic rings. The molecule has 0 radical (unpaired) electrons. The molecule has 2 aromatic heterocycles. The van der Waals surface area contributed by atoms with E-state index in [4.69, 9.17) is 16.3 Å². The second-order valence-corrected chi connectivity index (χ2v) is 4.78. The van der Waals surface area contributed by atoms with Crippen LogP contribution in [0.1, 0.15) is 17.3 Å². The van der Waals surface area contributed by atoms with Crippen LogP contribution in [0.15, 0.2) is 41.5 Å². The zero-order valence-electron chi connectivity index (χ0n) is 11.5. The zero-order valence-corrected chi connectivity index (χ0v) is 12.3. The predicted molar refractivity (Wildman–Crippen MR) is 79.8 cm³/mol. The number of rotatable bonds is 4. The molecule has 1 amide bonds. The van der Waals surface area contributed by atoms with Crippen LogP contribution in [0, 0.1) is 0 Å². The van der Waals surface area contributed by atoms with Crippen molar-refractivity contribution in [1.82, 2.24) is 9.97 Å². The number of esters is 1. The first-order valence-electron chi connectivity index (χ1n) is 6.28. The minimum Gasteiger partial charge on any atom is -0.449 e. The topological polar surface area (TPSA) is 101 Å². The van der Waals surface area contributed by atoms with Crippen LogP contribution in [-0.2, 0) is 9.53 Å². The van der Waals surface area contributed by atoms with E-state index in [1.54, 1.807) is 6.07 Å². The third-order valence-corrected chi connectivity index (χ3v) is 2.87. The van der Waals surface area contributed by atoms with E-state index >= 15 is 0 Å². The molecule has 0 fully saturated rings. The van der Waals surface area contributed by atoms with E-state index in [0.717, 1.165) is 6.07 Å². The molecule has 0 aliphatic carbocycles. The average Bonchev–Trinajstić information content (AvgIpc) is 2.49. The van der Waals surface area contributed by atoms with Gasteiger partial charge in [0.2, 0.25) is 5.56 Å². The first-order chi connectivity index (χ1) is 10.5. The largest absolute Gasteiger partial charge is 0.449 e. The van der Waals surface area contributed by atoms with Gasteiger partial charge in [-0.25, -0.2) is 9.78 Å². The molecule has 0 aliphatic heterocycles. The van der Waals surface area contributed by atoms with Crippen LogP contribution < -0.4 is 10.9 Å². The van der Waals surface area contributed by atoms with E-state index in [1.807, 2.05) is 0 Å². The van der Waals surface area contributed by atoms with E-state index in [0.29, 0.717) is 5.02 Å². The molecule has 8 heteroatoms. The fourth-order valence-electron chi connectivity index (χ4n) is 1.53. The Morgan fingerprint density at radius 2 is 2.14 bits per heavy atom. The standard InChI is InChI=1S/C14H12ClN3O4/c1-8(13(20)18-11-3-2-10(15)7-17-11)22-14(21)9-4-5-16-12(19)6-9/h2-8H,1H3,(H,16,19)(H,17,18,20)/t8-/m1/s1. The lowest BCUT2D eigenvalue weighted by molar-refractivity contribution is -0.123. The third-order valence-electron chi connectivity index (χ3n) is 2.64. The number of pyridine rings is 2. The van der Waals surface area contributed by atoms with Gasteiger partial charge in [-0.2, -0.15) is 0 Å². The molecule has 7 nitrogen and oxygen atoms in total. The second kappa shape index (κ2) is 6.86. The van der Waals surface area contributed by atoms with Gasteiger partial charge in [0.05, 0.1) is 10.6 Å². The van der Waals surface area contributed by atoms with Gasteiger partial charge in [0.15, 0.2) is 6.10 Å². The number of carbonyl (C=O) groups is 2. The molecule has 2 N–H and O–H groups in total. The molecule has 0 saturated carbocycles. The van der Waals surface area contributed by atoms with Crippen molar-refractivity contribution in [1.29, 1.82) is 0 Å². The van der Waals surface area contributed by atoms with Gasteiger partial charge in [0, 0.05) is 18.5 Å². The van der Waals surface area contributed by atoms with E-state index in [-0.39, 0.29) is 11.4 Å². The number of anilines is 1. The van der Waals surface area contributed by atoms with Crippen molar-refractivity contribution in [3.63, 3.8) is 0 Å². The van der Waals surface area contributed by atoms with Crippen LogP contribution in [0.25, 0.3) is 0 Å². The summed E-state index contributed by atoms with van der Waals surface area (Å²) in [5.41, 5.74) is -0.370. The highest BCUT2D eigenvalue weighted by Crippen LogP contribution is 2.10. The lowest BCUT2D eigenvalue weighted by atomic mass is 10.2. The third kappa shape index (κ3) is 4.16. The van der Waals surface area contributed by atoms with E-state index in [9.17, 15) is 14.4 Å². The van der Waals surface area contributed by atoms with Crippen LogP contribution in [0.5, 0.6) is 0 Å². The summed E-state index contributed by atoms with van der Waals surface area (Å²) in [6, 6.07) is 5.56. The van der Waals surface area contributed by atoms with Crippen molar-refractivity contribution in [2.75, 3.05) is 5.32 Å². The molecule has 0 spiro atoms. The molecule has 22 heavy (non-hydrogen) atoms. The summed E-state index contributed by atoms with van der Waals surface area (Å²) in [5, 5.41) is 2.92. The minimum absolute atomic E-state index is 0.0630. The summed E-state index contributed by atoms with van der Waals surface area (Å²) in [7, 11) is 0. The summed E-state index contributed by atoms with van der Waals surface area (Å²) in [5.74, 6) is -1.03. The molecule has 0 aromatic carbocycles. The van der Waals surface area contributed by atoms with Crippen LogP contribution in [0.3, 0.4) is 0 Å². The van der Waals surface area contributed by atoms with Gasteiger partial charge >= 0.3 is 5.97 Å². The number of halogens is 1. The van der Waals surface area contributed by atoms with Crippen LogP contribution in [-0.4, -0.2) is 27.9 Å². The Morgan fingerprint density at radius 1 is 1.36 bits per heavy atom. The van der Waals surface area contributed by atoms with Crippen molar-refractivity contribution in [3.05, 3.63) is 57.6 Å². The molecular formula is C14H12ClN3O4. The quantitative estimate of drug-likeness (QED) is 0.833. The van der Waals surface area contributed by atoms with Gasteiger partial charge in [0.1, 0.15) is 5.82 Å². The van der Waals surface area contributed by atoms with Crippen LogP contribution >= 0.6 is 11.6 Å². The van der Waals surface area contributed by atoms with Gasteiger partial charge < -0.3 is 15.0 Å². The van der Waals surface area contributed by atoms with Crippen LogP contribution in [0.2, 0.25) is 5.02 Å². The maximum absolute atomic E-state index is 11.9. The summed E-state index contributed by atoms with van der Waals surface area (Å²) >= 11 is 5.69. The van der Waals surface area contributed by atoms with E-state index in [1.165, 1.54) is 31.5 Å². The lowest BCUT2D eigenvalue weighted by Crippen LogP contribution is -2.30. The SMILES string of the molecule is C[C@@H](OC(=O)c1cc[nH]c(=O)c1)C(=O)Nc1ccc(Cl)cn1. The number of aromatic amines is 1. The molecule has 0 saturated heterocycles. The number of carbonyl (C=O) groups excluding carboxylic acids is 2. The maximum Gasteiger partial charge on any atom is 0.339 e. The molecule has 0 unspecified atom stereocenters. The number of hydrogen-bond acceptors (Lipinski definition) is 5. The number of H-pyrrole nitrogens is 1. The Kier molecular flexibility index (Phi) is 4.90. The number of hydrogen-bond donors (Lipinski definition) is 2. The molecule has 114 valence electrons. The number of ether oxygens (including phenoxy) is 1.